The Morgan fingerprint density at radius 3 is 2.11 bits per heavy atom. The van der Waals surface area contributed by atoms with Gasteiger partial charge in [0, 0.05) is 16.8 Å². The van der Waals surface area contributed by atoms with E-state index in [1.54, 1.807) is 30.3 Å². The third kappa shape index (κ3) is 2.47. The van der Waals surface area contributed by atoms with E-state index in [1.165, 1.54) is 12.1 Å². The van der Waals surface area contributed by atoms with Crippen LogP contribution >= 0.6 is 0 Å². The lowest BCUT2D eigenvalue weighted by atomic mass is 9.82. The zero-order chi connectivity index (χ0) is 20.0. The van der Waals surface area contributed by atoms with Gasteiger partial charge in [0.1, 0.15) is 11.3 Å². The van der Waals surface area contributed by atoms with Gasteiger partial charge in [-0.1, -0.05) is 18.2 Å². The normalized spacial score (nSPS) is 12.3. The molecule has 0 heterocycles. The number of rotatable bonds is 3. The molecule has 0 amide bonds. The Bertz CT molecular complexity index is 1170. The van der Waals surface area contributed by atoms with Crippen LogP contribution in [0.2, 0.25) is 0 Å². The molecule has 138 valence electrons. The van der Waals surface area contributed by atoms with E-state index in [9.17, 15) is 29.9 Å². The van der Waals surface area contributed by atoms with Crippen molar-refractivity contribution in [2.24, 2.45) is 0 Å². The molecule has 8 nitrogen and oxygen atoms in total. The molecular formula is C20H12N2O6. The lowest BCUT2D eigenvalue weighted by molar-refractivity contribution is -0.384. The first kappa shape index (κ1) is 17.2. The van der Waals surface area contributed by atoms with Gasteiger partial charge < -0.3 is 15.5 Å². The van der Waals surface area contributed by atoms with Gasteiger partial charge in [0.15, 0.2) is 17.3 Å². The van der Waals surface area contributed by atoms with Gasteiger partial charge in [0.05, 0.1) is 10.5 Å². The first-order valence-electron chi connectivity index (χ1n) is 8.18. The lowest BCUT2D eigenvalue weighted by Gasteiger charge is -2.20. The van der Waals surface area contributed by atoms with Crippen LogP contribution in [-0.4, -0.2) is 26.7 Å². The number of fused-ring (bicyclic) bond motifs is 2. The van der Waals surface area contributed by atoms with Gasteiger partial charge in [0.25, 0.3) is 0 Å². The molecule has 4 rings (SSSR count). The minimum atomic E-state index is -0.775. The molecule has 3 aromatic carbocycles. The summed E-state index contributed by atoms with van der Waals surface area (Å²) in [5, 5.41) is 34.3. The van der Waals surface area contributed by atoms with Gasteiger partial charge >= 0.3 is 5.69 Å². The molecule has 0 radical (unpaired) electrons. The third-order valence-corrected chi connectivity index (χ3v) is 4.51. The molecule has 3 aromatic rings. The predicted octanol–water partition coefficient (Wildman–Crippen LogP) is 3.53. The van der Waals surface area contributed by atoms with E-state index in [-0.39, 0.29) is 27.9 Å². The molecular weight excluding hydrogens is 364 g/mol. The maximum Gasteiger partial charge on any atom is 0.304 e. The van der Waals surface area contributed by atoms with Crippen LogP contribution in [0.25, 0.3) is 0 Å². The van der Waals surface area contributed by atoms with Gasteiger partial charge in [-0.15, -0.1) is 0 Å². The first-order chi connectivity index (χ1) is 13.4. The average Bonchev–Trinajstić information content (AvgIpc) is 2.68. The molecule has 0 fully saturated rings. The van der Waals surface area contributed by atoms with Crippen LogP contribution in [0, 0.1) is 10.1 Å². The van der Waals surface area contributed by atoms with Crippen molar-refractivity contribution in [1.82, 2.24) is 0 Å². The minimum absolute atomic E-state index is 0.0579. The number of carbonyl (C=O) groups excluding carboxylic acids is 2. The van der Waals surface area contributed by atoms with Crippen LogP contribution in [-0.2, 0) is 0 Å². The maximum absolute atomic E-state index is 13.0. The van der Waals surface area contributed by atoms with Crippen LogP contribution in [0.15, 0.2) is 54.6 Å². The highest BCUT2D eigenvalue weighted by molar-refractivity contribution is 6.31. The number of nitrogens with one attached hydrogen (secondary N) is 1. The number of aromatic hydroxyl groups is 2. The number of hydrogen-bond donors (Lipinski definition) is 3. The molecule has 3 N–H and O–H groups in total. The molecule has 1 aliphatic carbocycles. The number of ketones is 2. The number of phenols is 2. The van der Waals surface area contributed by atoms with Crippen molar-refractivity contribution >= 4 is 28.6 Å². The van der Waals surface area contributed by atoms with Crippen LogP contribution < -0.4 is 5.32 Å². The molecule has 0 unspecified atom stereocenters. The molecule has 0 saturated carbocycles. The van der Waals surface area contributed by atoms with Gasteiger partial charge in [-0.2, -0.15) is 0 Å². The fourth-order valence-corrected chi connectivity index (χ4v) is 3.25. The topological polar surface area (TPSA) is 130 Å². The van der Waals surface area contributed by atoms with Gasteiger partial charge in [-0.3, -0.25) is 19.7 Å². The molecule has 0 aliphatic heterocycles. The zero-order valence-electron chi connectivity index (χ0n) is 14.2. The largest absolute Gasteiger partial charge is 0.504 e. The van der Waals surface area contributed by atoms with E-state index < -0.39 is 33.7 Å². The Balaban J connectivity index is 1.94. The summed E-state index contributed by atoms with van der Waals surface area (Å²) in [6.45, 7) is 0. The number of anilines is 2. The average molecular weight is 376 g/mol. The Morgan fingerprint density at radius 2 is 1.43 bits per heavy atom. The fourth-order valence-electron chi connectivity index (χ4n) is 3.25. The monoisotopic (exact) mass is 376 g/mol. The summed E-state index contributed by atoms with van der Waals surface area (Å²) in [6.07, 6.45) is 0. The number of phenolic OH excluding ortho intramolecular Hbond substituents is 2. The van der Waals surface area contributed by atoms with E-state index in [4.69, 9.17) is 0 Å². The maximum atomic E-state index is 13.0. The van der Waals surface area contributed by atoms with Gasteiger partial charge in [0.2, 0.25) is 5.78 Å². The van der Waals surface area contributed by atoms with Gasteiger partial charge in [-0.25, -0.2) is 0 Å². The Kier molecular flexibility index (Phi) is 3.82. The Hall–Kier alpha value is -4.20. The van der Waals surface area contributed by atoms with Crippen molar-refractivity contribution in [2.75, 3.05) is 5.32 Å². The van der Waals surface area contributed by atoms with Crippen molar-refractivity contribution in [3.8, 4) is 11.5 Å². The Labute approximate surface area is 157 Å². The molecule has 0 spiro atoms. The second-order valence-corrected chi connectivity index (χ2v) is 6.15. The lowest BCUT2D eigenvalue weighted by Crippen LogP contribution is -2.23. The second kappa shape index (κ2) is 6.20. The smallest absolute Gasteiger partial charge is 0.304 e. The van der Waals surface area contributed by atoms with Crippen molar-refractivity contribution in [2.45, 2.75) is 0 Å². The molecule has 1 aliphatic rings. The summed E-state index contributed by atoms with van der Waals surface area (Å²) in [7, 11) is 0. The van der Waals surface area contributed by atoms with Crippen LogP contribution in [0.3, 0.4) is 0 Å². The summed E-state index contributed by atoms with van der Waals surface area (Å²) in [4.78, 5) is 36.8. The van der Waals surface area contributed by atoms with Gasteiger partial charge in [-0.05, 0) is 36.4 Å². The summed E-state index contributed by atoms with van der Waals surface area (Å²) in [6, 6.07) is 13.5. The zero-order valence-corrected chi connectivity index (χ0v) is 14.2. The van der Waals surface area contributed by atoms with Crippen molar-refractivity contribution in [3.05, 3.63) is 87.0 Å². The van der Waals surface area contributed by atoms with E-state index in [0.29, 0.717) is 5.69 Å². The Morgan fingerprint density at radius 1 is 0.821 bits per heavy atom. The summed E-state index contributed by atoms with van der Waals surface area (Å²) >= 11 is 0. The summed E-state index contributed by atoms with van der Waals surface area (Å²) in [5.74, 6) is -2.83. The highest BCUT2D eigenvalue weighted by Crippen LogP contribution is 2.42. The van der Waals surface area contributed by atoms with Crippen LogP contribution in [0.4, 0.5) is 17.1 Å². The standard InChI is InChI=1S/C20H12N2O6/c23-14-9-7-12-16(20(14)26)19(25)11-6-8-13(21-10-4-2-1-3-5-10)17(22(27)28)15(11)18(12)24/h1-9,21,23,26H. The number of hydrogen-bond acceptors (Lipinski definition) is 7. The van der Waals surface area contributed by atoms with E-state index in [1.807, 2.05) is 0 Å². The number of para-hydroxylation sites is 1. The van der Waals surface area contributed by atoms with E-state index in [0.717, 1.165) is 12.1 Å². The predicted molar refractivity (Wildman–Crippen MR) is 99.5 cm³/mol. The number of nitro benzene ring substituents is 1. The van der Waals surface area contributed by atoms with E-state index >= 15 is 0 Å². The molecule has 0 saturated heterocycles. The van der Waals surface area contributed by atoms with E-state index in [2.05, 4.69) is 5.32 Å². The minimum Gasteiger partial charge on any atom is -0.504 e. The van der Waals surface area contributed by atoms with Crippen LogP contribution in [0.5, 0.6) is 11.5 Å². The number of carbonyl (C=O) groups is 2. The SMILES string of the molecule is O=C1c2ccc(Nc3ccccc3)c([N+](=O)[O-])c2C(=O)c2ccc(O)c(O)c21. The van der Waals surface area contributed by atoms with Crippen molar-refractivity contribution in [3.63, 3.8) is 0 Å². The molecule has 8 heteroatoms. The highest BCUT2D eigenvalue weighted by Gasteiger charge is 2.39. The summed E-state index contributed by atoms with van der Waals surface area (Å²) < 4.78 is 0. The molecule has 0 bridgehead atoms. The summed E-state index contributed by atoms with van der Waals surface area (Å²) in [5.41, 5.74) is -1.02. The second-order valence-electron chi connectivity index (χ2n) is 6.15. The van der Waals surface area contributed by atoms with Crippen LogP contribution in [0.1, 0.15) is 31.8 Å². The molecule has 28 heavy (non-hydrogen) atoms. The highest BCUT2D eigenvalue weighted by atomic mass is 16.6. The molecule has 0 aromatic heterocycles. The van der Waals surface area contributed by atoms with Crippen molar-refractivity contribution in [1.29, 1.82) is 0 Å². The van der Waals surface area contributed by atoms with Crippen molar-refractivity contribution < 1.29 is 24.7 Å². The number of benzene rings is 3. The quantitative estimate of drug-likeness (QED) is 0.283. The third-order valence-electron chi connectivity index (χ3n) is 4.51. The fraction of sp³-hybridized carbons (Fsp3) is 0. The number of nitro groups is 1. The molecule has 0 atom stereocenters. The number of nitrogens with zero attached hydrogens (tertiary/aromatic N) is 1. The first-order valence-corrected chi connectivity index (χ1v) is 8.18.